The third kappa shape index (κ3) is 4.55. The summed E-state index contributed by atoms with van der Waals surface area (Å²) in [4.78, 5) is 25.4. The minimum absolute atomic E-state index is 0.103. The van der Waals surface area contributed by atoms with Gasteiger partial charge in [-0.15, -0.1) is 0 Å². The molecule has 0 radical (unpaired) electrons. The van der Waals surface area contributed by atoms with Crippen LogP contribution in [0.5, 0.6) is 5.75 Å². The van der Waals surface area contributed by atoms with E-state index in [4.69, 9.17) is 4.74 Å². The minimum atomic E-state index is -0.760. The van der Waals surface area contributed by atoms with Gasteiger partial charge >= 0.3 is 11.8 Å². The van der Waals surface area contributed by atoms with Crippen molar-refractivity contribution >= 4 is 33.4 Å². The zero-order valence-electron chi connectivity index (χ0n) is 13.2. The van der Waals surface area contributed by atoms with Gasteiger partial charge in [-0.3, -0.25) is 9.59 Å². The van der Waals surface area contributed by atoms with Crippen LogP contribution in [0.4, 0.5) is 10.1 Å². The molecule has 0 unspecified atom stereocenters. The second kappa shape index (κ2) is 7.92. The smallest absolute Gasteiger partial charge is 0.313 e. The lowest BCUT2D eigenvalue weighted by molar-refractivity contribution is -0.142. The summed E-state index contributed by atoms with van der Waals surface area (Å²) in [6, 6.07) is 11.3. The van der Waals surface area contributed by atoms with Gasteiger partial charge in [0.05, 0.1) is 7.11 Å². The van der Waals surface area contributed by atoms with E-state index in [1.54, 1.807) is 24.3 Å². The Morgan fingerprint density at radius 3 is 2.62 bits per heavy atom. The number of likely N-dealkylation sites (N-methyl/N-ethyl adjacent to an activating group) is 1. The topological polar surface area (TPSA) is 58.6 Å². The number of amides is 2. The first-order valence-electron chi connectivity index (χ1n) is 7.05. The summed E-state index contributed by atoms with van der Waals surface area (Å²) >= 11 is 3.29. The molecule has 0 aliphatic rings. The fourth-order valence-corrected chi connectivity index (χ4v) is 2.48. The molecule has 24 heavy (non-hydrogen) atoms. The summed E-state index contributed by atoms with van der Waals surface area (Å²) in [6.07, 6.45) is 0. The van der Waals surface area contributed by atoms with Crippen molar-refractivity contribution in [3.05, 3.63) is 58.3 Å². The molecule has 0 fully saturated rings. The molecular formula is C17H16BrFN2O3. The lowest BCUT2D eigenvalue weighted by atomic mass is 10.2. The van der Waals surface area contributed by atoms with Crippen molar-refractivity contribution in [1.29, 1.82) is 0 Å². The Labute approximate surface area is 147 Å². The van der Waals surface area contributed by atoms with Gasteiger partial charge in [0.1, 0.15) is 0 Å². The molecule has 0 aliphatic carbocycles. The van der Waals surface area contributed by atoms with E-state index in [0.717, 1.165) is 4.47 Å². The third-order valence-corrected chi connectivity index (χ3v) is 3.75. The number of nitrogens with zero attached hydrogens (tertiary/aromatic N) is 1. The second-order valence-corrected chi connectivity index (χ2v) is 6.01. The van der Waals surface area contributed by atoms with Crippen LogP contribution in [0.2, 0.25) is 0 Å². The fourth-order valence-electron chi connectivity index (χ4n) is 2.08. The van der Waals surface area contributed by atoms with Crippen LogP contribution in [0.1, 0.15) is 5.56 Å². The molecular weight excluding hydrogens is 379 g/mol. The molecule has 5 nitrogen and oxygen atoms in total. The van der Waals surface area contributed by atoms with Gasteiger partial charge in [-0.05, 0) is 35.9 Å². The van der Waals surface area contributed by atoms with Gasteiger partial charge in [0.2, 0.25) is 0 Å². The Kier molecular flexibility index (Phi) is 5.92. The number of rotatable bonds is 4. The molecule has 0 saturated heterocycles. The predicted molar refractivity (Wildman–Crippen MR) is 92.2 cm³/mol. The van der Waals surface area contributed by atoms with Crippen molar-refractivity contribution in [2.24, 2.45) is 0 Å². The molecule has 2 rings (SSSR count). The van der Waals surface area contributed by atoms with Crippen molar-refractivity contribution < 1.29 is 18.7 Å². The maximum Gasteiger partial charge on any atom is 0.313 e. The molecule has 0 bridgehead atoms. The van der Waals surface area contributed by atoms with Crippen molar-refractivity contribution in [3.63, 3.8) is 0 Å². The van der Waals surface area contributed by atoms with Crippen LogP contribution in [0.3, 0.4) is 0 Å². The number of nitrogens with one attached hydrogen (secondary N) is 1. The maximum atomic E-state index is 13.7. The van der Waals surface area contributed by atoms with Crippen molar-refractivity contribution in [2.45, 2.75) is 6.54 Å². The Hall–Kier alpha value is -2.41. The summed E-state index contributed by atoms with van der Waals surface area (Å²) in [7, 11) is 2.85. The highest BCUT2D eigenvalue weighted by Gasteiger charge is 2.19. The van der Waals surface area contributed by atoms with Crippen LogP contribution in [0, 0.1) is 5.82 Å². The van der Waals surface area contributed by atoms with Crippen LogP contribution >= 0.6 is 15.9 Å². The summed E-state index contributed by atoms with van der Waals surface area (Å²) in [5.41, 5.74) is 1.06. The molecule has 0 aromatic heterocycles. The summed E-state index contributed by atoms with van der Waals surface area (Å²) in [5, 5.41) is 2.52. The molecule has 2 aromatic carbocycles. The highest BCUT2D eigenvalue weighted by molar-refractivity contribution is 9.10. The number of hydrogen-bond acceptors (Lipinski definition) is 3. The predicted octanol–water partition coefficient (Wildman–Crippen LogP) is 3.19. The highest BCUT2D eigenvalue weighted by atomic mass is 79.9. The first-order chi connectivity index (χ1) is 11.4. The van der Waals surface area contributed by atoms with E-state index in [0.29, 0.717) is 11.3 Å². The molecule has 0 saturated carbocycles. The lowest BCUT2D eigenvalue weighted by Gasteiger charge is -2.17. The Morgan fingerprint density at radius 1 is 1.25 bits per heavy atom. The summed E-state index contributed by atoms with van der Waals surface area (Å²) in [5.74, 6) is -1.87. The highest BCUT2D eigenvalue weighted by Crippen LogP contribution is 2.19. The van der Waals surface area contributed by atoms with E-state index in [1.165, 1.54) is 31.2 Å². The number of halogens is 2. The number of carbonyl (C=O) groups is 2. The van der Waals surface area contributed by atoms with Gasteiger partial charge in [-0.2, -0.15) is 0 Å². The normalized spacial score (nSPS) is 10.2. The van der Waals surface area contributed by atoms with Gasteiger partial charge in [-0.1, -0.05) is 28.1 Å². The molecule has 0 spiro atoms. The number of carbonyl (C=O) groups excluding carboxylic acids is 2. The van der Waals surface area contributed by atoms with E-state index in [2.05, 4.69) is 21.2 Å². The maximum absolute atomic E-state index is 13.7. The first-order valence-corrected chi connectivity index (χ1v) is 7.84. The quantitative estimate of drug-likeness (QED) is 0.810. The second-order valence-electron chi connectivity index (χ2n) is 5.09. The van der Waals surface area contributed by atoms with Crippen LogP contribution in [0.15, 0.2) is 46.9 Å². The van der Waals surface area contributed by atoms with Gasteiger partial charge < -0.3 is 15.0 Å². The van der Waals surface area contributed by atoms with Crippen LogP contribution in [-0.2, 0) is 16.1 Å². The largest absolute Gasteiger partial charge is 0.494 e. The molecule has 1 N–H and O–H groups in total. The molecule has 126 valence electrons. The monoisotopic (exact) mass is 394 g/mol. The number of benzene rings is 2. The fraction of sp³-hybridized carbons (Fsp3) is 0.176. The molecule has 7 heteroatoms. The van der Waals surface area contributed by atoms with Gasteiger partial charge in [-0.25, -0.2) is 4.39 Å². The average Bonchev–Trinajstić information content (AvgIpc) is 2.54. The summed E-state index contributed by atoms with van der Waals surface area (Å²) in [6.45, 7) is 0.103. The SMILES string of the molecule is COc1ccc(CN(C)C(=O)C(=O)Nc2cccc(Br)c2)cc1F. The van der Waals surface area contributed by atoms with Gasteiger partial charge in [0.25, 0.3) is 0 Å². The third-order valence-electron chi connectivity index (χ3n) is 3.26. The Morgan fingerprint density at radius 2 is 2.00 bits per heavy atom. The zero-order chi connectivity index (χ0) is 17.7. The van der Waals surface area contributed by atoms with Crippen molar-refractivity contribution in [1.82, 2.24) is 4.90 Å². The first kappa shape index (κ1) is 17.9. The van der Waals surface area contributed by atoms with E-state index < -0.39 is 17.6 Å². The number of ether oxygens (including phenoxy) is 1. The standard InChI is InChI=1S/C17H16BrFN2O3/c1-21(10-11-6-7-15(24-2)14(19)8-11)17(23)16(22)20-13-5-3-4-12(18)9-13/h3-9H,10H2,1-2H3,(H,20,22). The molecule has 2 aromatic rings. The van der Waals surface area contributed by atoms with Crippen LogP contribution in [-0.4, -0.2) is 30.9 Å². The van der Waals surface area contributed by atoms with Gasteiger partial charge in [0, 0.05) is 23.8 Å². The average molecular weight is 395 g/mol. The van der Waals surface area contributed by atoms with E-state index >= 15 is 0 Å². The van der Waals surface area contributed by atoms with E-state index in [1.807, 2.05) is 6.07 Å². The minimum Gasteiger partial charge on any atom is -0.494 e. The number of methoxy groups -OCH3 is 1. The summed E-state index contributed by atoms with van der Waals surface area (Å²) < 4.78 is 19.3. The molecule has 0 atom stereocenters. The van der Waals surface area contributed by atoms with E-state index in [-0.39, 0.29) is 12.3 Å². The molecule has 0 heterocycles. The Balaban J connectivity index is 2.01. The van der Waals surface area contributed by atoms with Gasteiger partial charge in [0.15, 0.2) is 11.6 Å². The Bertz CT molecular complexity index is 767. The lowest BCUT2D eigenvalue weighted by Crippen LogP contribution is -2.36. The van der Waals surface area contributed by atoms with Crippen LogP contribution < -0.4 is 10.1 Å². The van der Waals surface area contributed by atoms with Crippen molar-refractivity contribution in [3.8, 4) is 5.75 Å². The molecule has 0 aliphatic heterocycles. The zero-order valence-corrected chi connectivity index (χ0v) is 14.8. The number of hydrogen-bond donors (Lipinski definition) is 1. The molecule has 2 amide bonds. The van der Waals surface area contributed by atoms with Crippen LogP contribution in [0.25, 0.3) is 0 Å². The van der Waals surface area contributed by atoms with E-state index in [9.17, 15) is 14.0 Å². The number of anilines is 1. The van der Waals surface area contributed by atoms with Crippen molar-refractivity contribution in [2.75, 3.05) is 19.5 Å².